The van der Waals surface area contributed by atoms with Gasteiger partial charge >= 0.3 is 0 Å². The zero-order valence-electron chi connectivity index (χ0n) is 15.5. The van der Waals surface area contributed by atoms with Gasteiger partial charge in [0, 0.05) is 13.0 Å². The fraction of sp³-hybridized carbons (Fsp3) is 0.286. The normalized spacial score (nSPS) is 12.7. The Bertz CT molecular complexity index is 832. The van der Waals surface area contributed by atoms with Crippen molar-refractivity contribution in [2.75, 3.05) is 13.2 Å². The summed E-state index contributed by atoms with van der Waals surface area (Å²) in [6.45, 7) is 6.12. The molecule has 0 bridgehead atoms. The van der Waals surface area contributed by atoms with Crippen molar-refractivity contribution in [3.05, 3.63) is 78.4 Å². The van der Waals surface area contributed by atoms with Crippen LogP contribution in [0.4, 0.5) is 0 Å². The molecule has 0 aliphatic rings. The quantitative estimate of drug-likeness (QED) is 0.438. The standard InChI is InChI=1S/C21H25NO4S/c1-3-14-22(27(24,25)21-11-9-18(2)10-12-21)20(13-15-23)17-26-16-19-7-5-4-6-8-19/h3-12,15,20H,1,13-14,16-17H2,2H3. The van der Waals surface area contributed by atoms with Gasteiger partial charge in [0.1, 0.15) is 6.29 Å². The van der Waals surface area contributed by atoms with Crippen LogP contribution in [-0.2, 0) is 26.2 Å². The van der Waals surface area contributed by atoms with Crippen LogP contribution in [0.1, 0.15) is 17.5 Å². The van der Waals surface area contributed by atoms with Crippen molar-refractivity contribution in [2.45, 2.75) is 30.9 Å². The molecule has 0 saturated heterocycles. The van der Waals surface area contributed by atoms with Crippen LogP contribution in [0.5, 0.6) is 0 Å². The van der Waals surface area contributed by atoms with Crippen LogP contribution >= 0.6 is 0 Å². The third-order valence-electron chi connectivity index (χ3n) is 4.13. The van der Waals surface area contributed by atoms with Crippen molar-refractivity contribution in [1.29, 1.82) is 0 Å². The van der Waals surface area contributed by atoms with Crippen molar-refractivity contribution < 1.29 is 17.9 Å². The minimum Gasteiger partial charge on any atom is -0.375 e. The van der Waals surface area contributed by atoms with E-state index < -0.39 is 16.1 Å². The van der Waals surface area contributed by atoms with Crippen LogP contribution < -0.4 is 0 Å². The summed E-state index contributed by atoms with van der Waals surface area (Å²) in [5, 5.41) is 0. The number of nitrogens with zero attached hydrogens (tertiary/aromatic N) is 1. The maximum absolute atomic E-state index is 13.1. The van der Waals surface area contributed by atoms with Crippen LogP contribution in [0.25, 0.3) is 0 Å². The molecule has 2 aromatic rings. The first kappa shape index (κ1) is 21.0. The SMILES string of the molecule is C=CCN(C(CC=O)COCc1ccccc1)S(=O)(=O)c1ccc(C)cc1. The molecule has 0 aliphatic carbocycles. The summed E-state index contributed by atoms with van der Waals surface area (Å²) in [5.41, 5.74) is 1.96. The molecule has 0 N–H and O–H groups in total. The van der Waals surface area contributed by atoms with Gasteiger partial charge in [0.2, 0.25) is 10.0 Å². The minimum atomic E-state index is -3.77. The summed E-state index contributed by atoms with van der Waals surface area (Å²) in [5.74, 6) is 0. The minimum absolute atomic E-state index is 0.0493. The van der Waals surface area contributed by atoms with E-state index in [2.05, 4.69) is 6.58 Å². The fourth-order valence-corrected chi connectivity index (χ4v) is 4.28. The number of aldehydes is 1. The lowest BCUT2D eigenvalue weighted by Crippen LogP contribution is -2.43. The van der Waals surface area contributed by atoms with E-state index >= 15 is 0 Å². The van der Waals surface area contributed by atoms with E-state index in [-0.39, 0.29) is 24.5 Å². The van der Waals surface area contributed by atoms with Crippen LogP contribution in [0.2, 0.25) is 0 Å². The van der Waals surface area contributed by atoms with E-state index in [1.54, 1.807) is 24.3 Å². The average molecular weight is 388 g/mol. The first-order chi connectivity index (χ1) is 13.0. The summed E-state index contributed by atoms with van der Waals surface area (Å²) >= 11 is 0. The summed E-state index contributed by atoms with van der Waals surface area (Å²) in [4.78, 5) is 11.4. The second-order valence-corrected chi connectivity index (χ2v) is 8.12. The van der Waals surface area contributed by atoms with Gasteiger partial charge in [-0.25, -0.2) is 8.42 Å². The van der Waals surface area contributed by atoms with E-state index in [1.165, 1.54) is 10.4 Å². The molecule has 0 spiro atoms. The number of carbonyl (C=O) groups is 1. The van der Waals surface area contributed by atoms with Gasteiger partial charge in [0.15, 0.2) is 0 Å². The van der Waals surface area contributed by atoms with Crippen molar-refractivity contribution >= 4 is 16.3 Å². The molecule has 144 valence electrons. The van der Waals surface area contributed by atoms with Crippen molar-refractivity contribution in [3.63, 3.8) is 0 Å². The fourth-order valence-electron chi connectivity index (χ4n) is 2.68. The number of hydrogen-bond donors (Lipinski definition) is 0. The highest BCUT2D eigenvalue weighted by atomic mass is 32.2. The van der Waals surface area contributed by atoms with Crippen LogP contribution in [0.3, 0.4) is 0 Å². The Labute approximate surface area is 161 Å². The molecular weight excluding hydrogens is 362 g/mol. The molecule has 1 atom stereocenters. The third-order valence-corrected chi connectivity index (χ3v) is 6.07. The van der Waals surface area contributed by atoms with E-state index in [0.717, 1.165) is 17.4 Å². The molecule has 6 heteroatoms. The summed E-state index contributed by atoms with van der Waals surface area (Å²) in [7, 11) is -3.77. The molecule has 2 aromatic carbocycles. The predicted octanol–water partition coefficient (Wildman–Crippen LogP) is 3.35. The predicted molar refractivity (Wildman–Crippen MR) is 106 cm³/mol. The largest absolute Gasteiger partial charge is 0.375 e. The number of hydrogen-bond acceptors (Lipinski definition) is 4. The molecule has 0 fully saturated rings. The highest BCUT2D eigenvalue weighted by Crippen LogP contribution is 2.20. The van der Waals surface area contributed by atoms with Crippen LogP contribution in [-0.4, -0.2) is 38.2 Å². The van der Waals surface area contributed by atoms with Gasteiger partial charge in [-0.05, 0) is 24.6 Å². The molecule has 5 nitrogen and oxygen atoms in total. The zero-order valence-corrected chi connectivity index (χ0v) is 16.3. The van der Waals surface area contributed by atoms with Crippen molar-refractivity contribution in [2.24, 2.45) is 0 Å². The molecule has 0 heterocycles. The molecule has 1 unspecified atom stereocenters. The molecule has 0 amide bonds. The molecule has 2 rings (SSSR count). The molecule has 0 saturated carbocycles. The van der Waals surface area contributed by atoms with Crippen LogP contribution in [0.15, 0.2) is 72.1 Å². The Hall–Kier alpha value is -2.28. The van der Waals surface area contributed by atoms with E-state index in [9.17, 15) is 13.2 Å². The topological polar surface area (TPSA) is 63.7 Å². The van der Waals surface area contributed by atoms with Crippen molar-refractivity contribution in [3.8, 4) is 0 Å². The number of ether oxygens (including phenoxy) is 1. The molecule has 27 heavy (non-hydrogen) atoms. The van der Waals surface area contributed by atoms with Gasteiger partial charge in [-0.1, -0.05) is 54.1 Å². The second kappa shape index (κ2) is 10.2. The maximum atomic E-state index is 13.1. The van der Waals surface area contributed by atoms with Gasteiger partial charge in [0.05, 0.1) is 24.2 Å². The molecule has 0 aromatic heterocycles. The first-order valence-electron chi connectivity index (χ1n) is 8.73. The van der Waals surface area contributed by atoms with E-state index in [4.69, 9.17) is 4.74 Å². The number of benzene rings is 2. The average Bonchev–Trinajstić information content (AvgIpc) is 2.66. The Morgan fingerprint density at radius 2 is 1.78 bits per heavy atom. The van der Waals surface area contributed by atoms with Gasteiger partial charge in [0.25, 0.3) is 0 Å². The lowest BCUT2D eigenvalue weighted by atomic mass is 10.2. The van der Waals surface area contributed by atoms with Gasteiger partial charge in [-0.3, -0.25) is 0 Å². The van der Waals surface area contributed by atoms with Crippen LogP contribution in [0, 0.1) is 6.92 Å². The van der Waals surface area contributed by atoms with Gasteiger partial charge < -0.3 is 9.53 Å². The number of carbonyl (C=O) groups excluding carboxylic acids is 1. The summed E-state index contributed by atoms with van der Waals surface area (Å²) in [6, 6.07) is 15.6. The number of sulfonamides is 1. The highest BCUT2D eigenvalue weighted by molar-refractivity contribution is 7.89. The molecule has 0 aliphatic heterocycles. The smallest absolute Gasteiger partial charge is 0.243 e. The van der Waals surface area contributed by atoms with E-state index in [1.807, 2.05) is 37.3 Å². The number of rotatable bonds is 11. The highest BCUT2D eigenvalue weighted by Gasteiger charge is 2.30. The zero-order chi connectivity index (χ0) is 19.7. The third kappa shape index (κ3) is 5.85. The van der Waals surface area contributed by atoms with Gasteiger partial charge in [-0.2, -0.15) is 4.31 Å². The lowest BCUT2D eigenvalue weighted by molar-refractivity contribution is -0.109. The van der Waals surface area contributed by atoms with Gasteiger partial charge in [-0.15, -0.1) is 6.58 Å². The Balaban J connectivity index is 2.19. The molecule has 0 radical (unpaired) electrons. The summed E-state index contributed by atoms with van der Waals surface area (Å²) < 4.78 is 33.2. The maximum Gasteiger partial charge on any atom is 0.243 e. The first-order valence-corrected chi connectivity index (χ1v) is 10.2. The Morgan fingerprint density at radius 3 is 2.37 bits per heavy atom. The Morgan fingerprint density at radius 1 is 1.11 bits per heavy atom. The molecular formula is C21H25NO4S. The number of aryl methyl sites for hydroxylation is 1. The monoisotopic (exact) mass is 387 g/mol. The summed E-state index contributed by atoms with van der Waals surface area (Å²) in [6.07, 6.45) is 2.28. The van der Waals surface area contributed by atoms with Crippen molar-refractivity contribution in [1.82, 2.24) is 4.31 Å². The Kier molecular flexibility index (Phi) is 7.91. The van der Waals surface area contributed by atoms with E-state index in [0.29, 0.717) is 6.61 Å². The lowest BCUT2D eigenvalue weighted by Gasteiger charge is -2.29. The second-order valence-electron chi connectivity index (χ2n) is 6.23.